The normalized spacial score (nSPS) is 10.1. The van der Waals surface area contributed by atoms with E-state index in [0.717, 1.165) is 24.3 Å². The van der Waals surface area contributed by atoms with Crippen LogP contribution in [0.4, 0.5) is 0 Å². The predicted octanol–water partition coefficient (Wildman–Crippen LogP) is 3.24. The van der Waals surface area contributed by atoms with Crippen molar-refractivity contribution in [2.75, 3.05) is 20.1 Å². The number of benzene rings is 1. The number of carbonyl (C=O) groups is 1. The monoisotopic (exact) mass is 352 g/mol. The number of carbonyl (C=O) groups excluding carboxylic acids is 1. The van der Waals surface area contributed by atoms with Crippen molar-refractivity contribution in [3.8, 4) is 5.75 Å². The number of rotatable bonds is 8. The van der Waals surface area contributed by atoms with Crippen LogP contribution in [0.25, 0.3) is 0 Å². The zero-order valence-electron chi connectivity index (χ0n) is 14.3. The summed E-state index contributed by atoms with van der Waals surface area (Å²) in [5, 5.41) is 5.86. The van der Waals surface area contributed by atoms with Crippen LogP contribution in [0.5, 0.6) is 5.75 Å². The maximum absolute atomic E-state index is 11.9. The van der Waals surface area contributed by atoms with Crippen LogP contribution in [-0.4, -0.2) is 26.0 Å². The highest BCUT2D eigenvalue weighted by molar-refractivity contribution is 5.91. The van der Waals surface area contributed by atoms with Crippen molar-refractivity contribution in [2.24, 2.45) is 0 Å². The third-order valence-electron chi connectivity index (χ3n) is 3.47. The standard InChI is InChI=1S/C18H24N2O3.ClH/c1-13-5-7-16(14(2)11-13)22-12-15-6-8-17(23-15)18(21)20-10-4-9-19-3;/h5-8,11,19H,4,9-10,12H2,1-3H3,(H,20,21);1H. The first-order valence-corrected chi connectivity index (χ1v) is 7.81. The zero-order valence-corrected chi connectivity index (χ0v) is 15.2. The molecule has 6 heteroatoms. The van der Waals surface area contributed by atoms with Crippen LogP contribution in [0.3, 0.4) is 0 Å². The van der Waals surface area contributed by atoms with Gasteiger partial charge in [0.25, 0.3) is 5.91 Å². The van der Waals surface area contributed by atoms with E-state index in [1.807, 2.05) is 33.0 Å². The van der Waals surface area contributed by atoms with Crippen molar-refractivity contribution in [1.82, 2.24) is 10.6 Å². The van der Waals surface area contributed by atoms with E-state index >= 15 is 0 Å². The molecule has 0 aliphatic rings. The van der Waals surface area contributed by atoms with Crippen LogP contribution in [-0.2, 0) is 6.61 Å². The fourth-order valence-electron chi connectivity index (χ4n) is 2.24. The SMILES string of the molecule is CNCCCNC(=O)c1ccc(COc2ccc(C)cc2C)o1.Cl. The molecule has 132 valence electrons. The molecule has 0 bridgehead atoms. The first-order valence-electron chi connectivity index (χ1n) is 7.81. The lowest BCUT2D eigenvalue weighted by Gasteiger charge is -2.08. The Kier molecular flexibility index (Phi) is 8.36. The highest BCUT2D eigenvalue weighted by Crippen LogP contribution is 2.20. The second kappa shape index (κ2) is 10.0. The molecule has 0 fully saturated rings. The summed E-state index contributed by atoms with van der Waals surface area (Å²) in [5.41, 5.74) is 2.28. The van der Waals surface area contributed by atoms with Crippen molar-refractivity contribution >= 4 is 18.3 Å². The highest BCUT2D eigenvalue weighted by Gasteiger charge is 2.11. The fourth-order valence-corrected chi connectivity index (χ4v) is 2.24. The summed E-state index contributed by atoms with van der Waals surface area (Å²) in [7, 11) is 1.89. The molecule has 5 nitrogen and oxygen atoms in total. The van der Waals surface area contributed by atoms with Crippen LogP contribution in [0.1, 0.15) is 33.9 Å². The largest absolute Gasteiger partial charge is 0.485 e. The molecule has 0 aliphatic heterocycles. The van der Waals surface area contributed by atoms with E-state index in [0.29, 0.717) is 24.7 Å². The van der Waals surface area contributed by atoms with E-state index in [2.05, 4.69) is 16.7 Å². The number of hydrogen-bond acceptors (Lipinski definition) is 4. The van der Waals surface area contributed by atoms with E-state index in [-0.39, 0.29) is 18.3 Å². The molecule has 0 radical (unpaired) electrons. The Labute approximate surface area is 149 Å². The van der Waals surface area contributed by atoms with E-state index in [9.17, 15) is 4.79 Å². The molecule has 1 aromatic heterocycles. The fraction of sp³-hybridized carbons (Fsp3) is 0.389. The number of aryl methyl sites for hydroxylation is 2. The molecular weight excluding hydrogens is 328 g/mol. The lowest BCUT2D eigenvalue weighted by Crippen LogP contribution is -2.26. The van der Waals surface area contributed by atoms with Crippen LogP contribution in [0, 0.1) is 13.8 Å². The topological polar surface area (TPSA) is 63.5 Å². The Morgan fingerprint density at radius 3 is 2.67 bits per heavy atom. The van der Waals surface area contributed by atoms with Crippen molar-refractivity contribution in [3.05, 3.63) is 53.0 Å². The predicted molar refractivity (Wildman–Crippen MR) is 97.1 cm³/mol. The lowest BCUT2D eigenvalue weighted by molar-refractivity contribution is 0.0921. The molecule has 0 aliphatic carbocycles. The average molecular weight is 353 g/mol. The molecule has 2 N–H and O–H groups in total. The average Bonchev–Trinajstić information content (AvgIpc) is 2.99. The van der Waals surface area contributed by atoms with Crippen LogP contribution in [0.15, 0.2) is 34.7 Å². The summed E-state index contributed by atoms with van der Waals surface area (Å²) in [6, 6.07) is 9.47. The maximum Gasteiger partial charge on any atom is 0.286 e. The first-order chi connectivity index (χ1) is 11.1. The summed E-state index contributed by atoms with van der Waals surface area (Å²) >= 11 is 0. The number of furan rings is 1. The second-order valence-electron chi connectivity index (χ2n) is 5.54. The molecule has 2 aromatic rings. The lowest BCUT2D eigenvalue weighted by atomic mass is 10.1. The summed E-state index contributed by atoms with van der Waals surface area (Å²) < 4.78 is 11.3. The van der Waals surface area contributed by atoms with E-state index < -0.39 is 0 Å². The summed E-state index contributed by atoms with van der Waals surface area (Å²) in [5.74, 6) is 1.57. The maximum atomic E-state index is 11.9. The summed E-state index contributed by atoms with van der Waals surface area (Å²) in [4.78, 5) is 11.9. The van der Waals surface area contributed by atoms with Gasteiger partial charge in [-0.3, -0.25) is 4.79 Å². The van der Waals surface area contributed by atoms with Gasteiger partial charge in [0.15, 0.2) is 5.76 Å². The van der Waals surface area contributed by atoms with Gasteiger partial charge in [-0.15, -0.1) is 12.4 Å². The zero-order chi connectivity index (χ0) is 16.7. The molecule has 0 atom stereocenters. The van der Waals surface area contributed by atoms with Gasteiger partial charge in [0.1, 0.15) is 18.1 Å². The Balaban J connectivity index is 0.00000288. The number of amides is 1. The molecule has 0 saturated heterocycles. The molecule has 0 saturated carbocycles. The molecule has 1 amide bonds. The van der Waals surface area contributed by atoms with E-state index in [1.54, 1.807) is 12.1 Å². The Hall–Kier alpha value is -1.98. The van der Waals surface area contributed by atoms with Crippen LogP contribution >= 0.6 is 12.4 Å². The van der Waals surface area contributed by atoms with E-state index in [1.165, 1.54) is 5.56 Å². The molecule has 0 unspecified atom stereocenters. The highest BCUT2D eigenvalue weighted by atomic mass is 35.5. The molecular formula is C18H25ClN2O3. The van der Waals surface area contributed by atoms with Crippen molar-refractivity contribution in [3.63, 3.8) is 0 Å². The van der Waals surface area contributed by atoms with Gasteiger partial charge in [-0.05, 0) is 57.6 Å². The summed E-state index contributed by atoms with van der Waals surface area (Å²) in [6.45, 7) is 5.85. The molecule has 2 rings (SSSR count). The second-order valence-corrected chi connectivity index (χ2v) is 5.54. The Bertz CT molecular complexity index is 655. The van der Waals surface area contributed by atoms with Crippen LogP contribution in [0.2, 0.25) is 0 Å². The van der Waals surface area contributed by atoms with Gasteiger partial charge in [-0.25, -0.2) is 0 Å². The van der Waals surface area contributed by atoms with Gasteiger partial charge in [-0.2, -0.15) is 0 Å². The minimum atomic E-state index is -0.195. The van der Waals surface area contributed by atoms with Gasteiger partial charge in [0.05, 0.1) is 0 Å². The molecule has 0 spiro atoms. The minimum absolute atomic E-state index is 0. The summed E-state index contributed by atoms with van der Waals surface area (Å²) in [6.07, 6.45) is 0.881. The van der Waals surface area contributed by atoms with Gasteiger partial charge in [0, 0.05) is 6.54 Å². The van der Waals surface area contributed by atoms with E-state index in [4.69, 9.17) is 9.15 Å². The quantitative estimate of drug-likeness (QED) is 0.716. The number of halogens is 1. The van der Waals surface area contributed by atoms with Gasteiger partial charge < -0.3 is 19.8 Å². The van der Waals surface area contributed by atoms with Gasteiger partial charge in [-0.1, -0.05) is 17.7 Å². The minimum Gasteiger partial charge on any atom is -0.485 e. The van der Waals surface area contributed by atoms with Gasteiger partial charge in [0.2, 0.25) is 0 Å². The Morgan fingerprint density at radius 2 is 1.96 bits per heavy atom. The van der Waals surface area contributed by atoms with Crippen LogP contribution < -0.4 is 15.4 Å². The first kappa shape index (κ1) is 20.1. The number of hydrogen-bond donors (Lipinski definition) is 2. The molecule has 24 heavy (non-hydrogen) atoms. The third-order valence-corrected chi connectivity index (χ3v) is 3.47. The molecule has 1 aromatic carbocycles. The molecule has 1 heterocycles. The third kappa shape index (κ3) is 5.91. The van der Waals surface area contributed by atoms with Gasteiger partial charge >= 0.3 is 0 Å². The van der Waals surface area contributed by atoms with Crippen molar-refractivity contribution < 1.29 is 13.9 Å². The number of ether oxygens (including phenoxy) is 1. The number of nitrogens with one attached hydrogen (secondary N) is 2. The van der Waals surface area contributed by atoms with Crippen molar-refractivity contribution in [2.45, 2.75) is 26.9 Å². The Morgan fingerprint density at radius 1 is 1.17 bits per heavy atom. The van der Waals surface area contributed by atoms with Crippen molar-refractivity contribution in [1.29, 1.82) is 0 Å². The smallest absolute Gasteiger partial charge is 0.286 e.